The second-order valence-corrected chi connectivity index (χ2v) is 4.98. The third-order valence-corrected chi connectivity index (χ3v) is 3.74. The van der Waals surface area contributed by atoms with Crippen LogP contribution < -0.4 is 5.56 Å². The van der Waals surface area contributed by atoms with E-state index in [2.05, 4.69) is 4.98 Å². The van der Waals surface area contributed by atoms with E-state index in [1.807, 2.05) is 30.3 Å². The van der Waals surface area contributed by atoms with Gasteiger partial charge in [0.25, 0.3) is 11.5 Å². The second-order valence-electron chi connectivity index (χ2n) is 4.98. The first kappa shape index (κ1) is 12.7. The number of rotatable bonds is 2. The minimum atomic E-state index is -0.118. The second kappa shape index (κ2) is 5.33. The molecule has 0 bridgehead atoms. The molecule has 1 aliphatic rings. The molecule has 1 atom stereocenters. The lowest BCUT2D eigenvalue weighted by Crippen LogP contribution is -2.33. The van der Waals surface area contributed by atoms with E-state index >= 15 is 0 Å². The summed E-state index contributed by atoms with van der Waals surface area (Å²) in [4.78, 5) is 29.0. The lowest BCUT2D eigenvalue weighted by atomic mass is 10.1. The normalized spacial score (nSPS) is 18.2. The highest BCUT2D eigenvalue weighted by Crippen LogP contribution is 2.31. The van der Waals surface area contributed by atoms with Gasteiger partial charge in [0.15, 0.2) is 0 Å². The van der Waals surface area contributed by atoms with Crippen molar-refractivity contribution in [3.63, 3.8) is 0 Å². The summed E-state index contributed by atoms with van der Waals surface area (Å²) < 4.78 is 0. The molecule has 0 aliphatic carbocycles. The van der Waals surface area contributed by atoms with E-state index in [0.717, 1.165) is 12.8 Å². The SMILES string of the molecule is O=C(c1ccccc1)N1CCC[C@H]1c1ccc[nH]c1=O. The van der Waals surface area contributed by atoms with Gasteiger partial charge in [-0.1, -0.05) is 18.2 Å². The lowest BCUT2D eigenvalue weighted by Gasteiger charge is -2.24. The van der Waals surface area contributed by atoms with Crippen molar-refractivity contribution in [3.05, 3.63) is 70.1 Å². The molecule has 1 amide bonds. The maximum atomic E-state index is 12.6. The van der Waals surface area contributed by atoms with E-state index in [9.17, 15) is 9.59 Å². The van der Waals surface area contributed by atoms with Gasteiger partial charge in [0.05, 0.1) is 6.04 Å². The van der Waals surface area contributed by atoms with Crippen LogP contribution >= 0.6 is 0 Å². The van der Waals surface area contributed by atoms with Gasteiger partial charge in [-0.25, -0.2) is 0 Å². The van der Waals surface area contributed by atoms with Crippen LogP contribution in [0.4, 0.5) is 0 Å². The predicted octanol–water partition coefficient (Wildman–Crippen LogP) is 2.35. The molecule has 20 heavy (non-hydrogen) atoms. The first-order chi connectivity index (χ1) is 9.77. The van der Waals surface area contributed by atoms with E-state index in [4.69, 9.17) is 0 Å². The average molecular weight is 268 g/mol. The molecule has 1 aromatic heterocycles. The molecule has 1 aromatic carbocycles. The number of nitrogens with one attached hydrogen (secondary N) is 1. The summed E-state index contributed by atoms with van der Waals surface area (Å²) in [5.74, 6) is -0.00338. The number of carbonyl (C=O) groups is 1. The van der Waals surface area contributed by atoms with E-state index in [1.54, 1.807) is 23.2 Å². The average Bonchev–Trinajstić information content (AvgIpc) is 2.97. The Kier molecular flexibility index (Phi) is 3.37. The number of aromatic nitrogens is 1. The van der Waals surface area contributed by atoms with Crippen molar-refractivity contribution in [2.75, 3.05) is 6.54 Å². The first-order valence-electron chi connectivity index (χ1n) is 6.81. The molecule has 4 heteroatoms. The summed E-state index contributed by atoms with van der Waals surface area (Å²) in [7, 11) is 0. The van der Waals surface area contributed by atoms with Crippen LogP contribution in [0.3, 0.4) is 0 Å². The fourth-order valence-electron chi connectivity index (χ4n) is 2.78. The standard InChI is InChI=1S/C16H16N2O2/c19-15-13(8-4-10-17-15)14-9-5-11-18(14)16(20)12-6-2-1-3-7-12/h1-4,6-8,10,14H,5,9,11H2,(H,17,19)/t14-/m0/s1. The van der Waals surface area contributed by atoms with Gasteiger partial charge < -0.3 is 9.88 Å². The molecule has 0 radical (unpaired) electrons. The van der Waals surface area contributed by atoms with Crippen LogP contribution in [-0.4, -0.2) is 22.3 Å². The Morgan fingerprint density at radius 1 is 1.15 bits per heavy atom. The van der Waals surface area contributed by atoms with Crippen molar-refractivity contribution < 1.29 is 4.79 Å². The fraction of sp³-hybridized carbons (Fsp3) is 0.250. The van der Waals surface area contributed by atoms with E-state index < -0.39 is 0 Å². The summed E-state index contributed by atoms with van der Waals surface area (Å²) >= 11 is 0. The summed E-state index contributed by atoms with van der Waals surface area (Å²) in [5, 5.41) is 0. The molecule has 1 N–H and O–H groups in total. The van der Waals surface area contributed by atoms with Crippen LogP contribution in [0.25, 0.3) is 0 Å². The molecule has 0 unspecified atom stereocenters. The summed E-state index contributed by atoms with van der Waals surface area (Å²) in [6.45, 7) is 0.701. The highest BCUT2D eigenvalue weighted by atomic mass is 16.2. The van der Waals surface area contributed by atoms with Gasteiger partial charge in [-0.15, -0.1) is 0 Å². The topological polar surface area (TPSA) is 53.2 Å². The highest BCUT2D eigenvalue weighted by Gasteiger charge is 2.31. The number of carbonyl (C=O) groups excluding carboxylic acids is 1. The Hall–Kier alpha value is -2.36. The van der Waals surface area contributed by atoms with Gasteiger partial charge in [0, 0.05) is 23.9 Å². The van der Waals surface area contributed by atoms with E-state index in [-0.39, 0.29) is 17.5 Å². The molecule has 1 aliphatic heterocycles. The van der Waals surface area contributed by atoms with Gasteiger partial charge >= 0.3 is 0 Å². The lowest BCUT2D eigenvalue weighted by molar-refractivity contribution is 0.0735. The smallest absolute Gasteiger partial charge is 0.254 e. The minimum absolute atomic E-state index is 0.00338. The number of pyridine rings is 1. The molecule has 0 spiro atoms. The number of aromatic amines is 1. The van der Waals surface area contributed by atoms with Crippen molar-refractivity contribution in [2.24, 2.45) is 0 Å². The van der Waals surface area contributed by atoms with Crippen molar-refractivity contribution in [2.45, 2.75) is 18.9 Å². The Labute approximate surface area is 117 Å². The van der Waals surface area contributed by atoms with Crippen LogP contribution in [0.5, 0.6) is 0 Å². The van der Waals surface area contributed by atoms with Crippen LogP contribution in [0.2, 0.25) is 0 Å². The zero-order valence-electron chi connectivity index (χ0n) is 11.1. The van der Waals surface area contributed by atoms with Gasteiger partial charge in [-0.3, -0.25) is 9.59 Å². The largest absolute Gasteiger partial charge is 0.331 e. The molecule has 3 rings (SSSR count). The zero-order valence-corrected chi connectivity index (χ0v) is 11.1. The summed E-state index contributed by atoms with van der Waals surface area (Å²) in [5.41, 5.74) is 1.24. The van der Waals surface area contributed by atoms with E-state index in [1.165, 1.54) is 0 Å². The highest BCUT2D eigenvalue weighted by molar-refractivity contribution is 5.94. The van der Waals surface area contributed by atoms with Crippen molar-refractivity contribution in [1.29, 1.82) is 0 Å². The minimum Gasteiger partial charge on any atom is -0.331 e. The molecule has 2 aromatic rings. The van der Waals surface area contributed by atoms with Crippen LogP contribution in [-0.2, 0) is 0 Å². The summed E-state index contributed by atoms with van der Waals surface area (Å²) in [6.07, 6.45) is 3.38. The van der Waals surface area contributed by atoms with Crippen LogP contribution in [0.15, 0.2) is 53.5 Å². The fourth-order valence-corrected chi connectivity index (χ4v) is 2.78. The van der Waals surface area contributed by atoms with Crippen LogP contribution in [0.1, 0.15) is 34.8 Å². The maximum Gasteiger partial charge on any atom is 0.254 e. The Balaban J connectivity index is 1.92. The quantitative estimate of drug-likeness (QED) is 0.909. The molecule has 1 saturated heterocycles. The Bertz CT molecular complexity index is 663. The Morgan fingerprint density at radius 3 is 2.70 bits per heavy atom. The Morgan fingerprint density at radius 2 is 1.95 bits per heavy atom. The molecule has 2 heterocycles. The van der Waals surface area contributed by atoms with Crippen LogP contribution in [0, 0.1) is 0 Å². The number of nitrogens with zero attached hydrogens (tertiary/aromatic N) is 1. The van der Waals surface area contributed by atoms with Gasteiger partial charge in [0.1, 0.15) is 0 Å². The number of likely N-dealkylation sites (tertiary alicyclic amines) is 1. The van der Waals surface area contributed by atoms with Crippen molar-refractivity contribution in [3.8, 4) is 0 Å². The number of hydrogen-bond donors (Lipinski definition) is 1. The zero-order chi connectivity index (χ0) is 13.9. The van der Waals surface area contributed by atoms with Gasteiger partial charge in [0.2, 0.25) is 0 Å². The number of benzene rings is 1. The molecule has 1 fully saturated rings. The maximum absolute atomic E-state index is 12.6. The van der Waals surface area contributed by atoms with E-state index in [0.29, 0.717) is 17.7 Å². The molecular formula is C16H16N2O2. The monoisotopic (exact) mass is 268 g/mol. The summed E-state index contributed by atoms with van der Waals surface area (Å²) in [6, 6.07) is 12.7. The number of H-pyrrole nitrogens is 1. The first-order valence-corrected chi connectivity index (χ1v) is 6.81. The van der Waals surface area contributed by atoms with Crippen molar-refractivity contribution >= 4 is 5.91 Å². The third-order valence-electron chi connectivity index (χ3n) is 3.74. The van der Waals surface area contributed by atoms with Gasteiger partial charge in [-0.2, -0.15) is 0 Å². The van der Waals surface area contributed by atoms with Crippen molar-refractivity contribution in [1.82, 2.24) is 9.88 Å². The number of hydrogen-bond acceptors (Lipinski definition) is 2. The molecular weight excluding hydrogens is 252 g/mol. The predicted molar refractivity (Wildman–Crippen MR) is 76.5 cm³/mol. The molecule has 0 saturated carbocycles. The number of amides is 1. The molecule has 4 nitrogen and oxygen atoms in total. The van der Waals surface area contributed by atoms with Gasteiger partial charge in [-0.05, 0) is 37.1 Å². The molecule has 102 valence electrons. The third kappa shape index (κ3) is 2.25.